The van der Waals surface area contributed by atoms with Crippen LogP contribution in [0.2, 0.25) is 0 Å². The summed E-state index contributed by atoms with van der Waals surface area (Å²) in [7, 11) is 0. The van der Waals surface area contributed by atoms with E-state index in [0.717, 1.165) is 12.8 Å². The molecule has 1 aliphatic rings. The summed E-state index contributed by atoms with van der Waals surface area (Å²) in [6.07, 6.45) is 4.48. The Morgan fingerprint density at radius 3 is 2.22 bits per heavy atom. The molecule has 0 unspecified atom stereocenters. The first-order chi connectivity index (χ1) is 11.2. The Morgan fingerprint density at radius 2 is 1.61 bits per heavy atom. The molecule has 1 aromatic heterocycles. The van der Waals surface area contributed by atoms with E-state index in [4.69, 9.17) is 0 Å². The Labute approximate surface area is 139 Å². The van der Waals surface area contributed by atoms with Crippen molar-refractivity contribution >= 4 is 34.6 Å². The molecule has 3 N–H and O–H groups in total. The van der Waals surface area contributed by atoms with E-state index in [1.165, 1.54) is 24.2 Å². The molecule has 5 nitrogen and oxygen atoms in total. The molecule has 23 heavy (non-hydrogen) atoms. The number of anilines is 2. The van der Waals surface area contributed by atoms with Gasteiger partial charge in [0.2, 0.25) is 0 Å². The minimum absolute atomic E-state index is 0.125. The van der Waals surface area contributed by atoms with E-state index in [-0.39, 0.29) is 11.9 Å². The van der Waals surface area contributed by atoms with Crippen LogP contribution in [0.1, 0.15) is 35.4 Å². The van der Waals surface area contributed by atoms with Crippen molar-refractivity contribution in [3.8, 4) is 0 Å². The molecular weight excluding hydrogens is 310 g/mol. The Bertz CT molecular complexity index is 662. The van der Waals surface area contributed by atoms with Gasteiger partial charge in [-0.1, -0.05) is 18.9 Å². The second-order valence-electron chi connectivity index (χ2n) is 5.59. The normalized spacial score (nSPS) is 14.4. The molecule has 6 heteroatoms. The Morgan fingerprint density at radius 1 is 0.957 bits per heavy atom. The zero-order chi connectivity index (χ0) is 16.1. The molecule has 120 valence electrons. The second kappa shape index (κ2) is 7.28. The highest BCUT2D eigenvalue weighted by molar-refractivity contribution is 7.12. The van der Waals surface area contributed by atoms with Crippen LogP contribution in [0.25, 0.3) is 0 Å². The van der Waals surface area contributed by atoms with Gasteiger partial charge in [0.05, 0.1) is 4.88 Å². The van der Waals surface area contributed by atoms with Gasteiger partial charge in [0.25, 0.3) is 5.91 Å². The minimum Gasteiger partial charge on any atom is -0.335 e. The van der Waals surface area contributed by atoms with Gasteiger partial charge in [-0.3, -0.25) is 4.79 Å². The number of urea groups is 1. The maximum atomic E-state index is 12.0. The number of hydrogen-bond acceptors (Lipinski definition) is 3. The Hall–Kier alpha value is -2.34. The highest BCUT2D eigenvalue weighted by Crippen LogP contribution is 2.19. The summed E-state index contributed by atoms with van der Waals surface area (Å²) in [6.45, 7) is 0. The van der Waals surface area contributed by atoms with Crippen LogP contribution in [0.4, 0.5) is 16.2 Å². The van der Waals surface area contributed by atoms with Crippen molar-refractivity contribution in [3.05, 3.63) is 46.7 Å². The molecule has 0 atom stereocenters. The molecule has 1 saturated carbocycles. The first-order valence-electron chi connectivity index (χ1n) is 7.73. The van der Waals surface area contributed by atoms with Crippen LogP contribution in [0, 0.1) is 0 Å². The zero-order valence-electron chi connectivity index (χ0n) is 12.7. The van der Waals surface area contributed by atoms with Gasteiger partial charge in [-0.15, -0.1) is 11.3 Å². The summed E-state index contributed by atoms with van der Waals surface area (Å²) in [4.78, 5) is 24.5. The van der Waals surface area contributed by atoms with Gasteiger partial charge in [0, 0.05) is 17.4 Å². The number of carbonyl (C=O) groups is 2. The summed E-state index contributed by atoms with van der Waals surface area (Å²) >= 11 is 1.40. The predicted molar refractivity (Wildman–Crippen MR) is 93.1 cm³/mol. The lowest BCUT2D eigenvalue weighted by molar-refractivity contribution is 0.103. The van der Waals surface area contributed by atoms with Gasteiger partial charge in [-0.2, -0.15) is 0 Å². The van der Waals surface area contributed by atoms with Crippen molar-refractivity contribution < 1.29 is 9.59 Å². The number of thiophene rings is 1. The second-order valence-corrected chi connectivity index (χ2v) is 6.54. The molecule has 0 spiro atoms. The maximum Gasteiger partial charge on any atom is 0.319 e. The molecule has 1 heterocycles. The van der Waals surface area contributed by atoms with E-state index < -0.39 is 0 Å². The van der Waals surface area contributed by atoms with Crippen LogP contribution in [0.15, 0.2) is 41.8 Å². The topological polar surface area (TPSA) is 70.2 Å². The van der Waals surface area contributed by atoms with Crippen LogP contribution < -0.4 is 16.0 Å². The first-order valence-corrected chi connectivity index (χ1v) is 8.61. The number of rotatable bonds is 4. The summed E-state index contributed by atoms with van der Waals surface area (Å²) in [6, 6.07) is 10.8. The molecule has 1 fully saturated rings. The van der Waals surface area contributed by atoms with E-state index in [2.05, 4.69) is 16.0 Å². The number of carbonyl (C=O) groups excluding carboxylic acids is 2. The molecular formula is C17H19N3O2S. The lowest BCUT2D eigenvalue weighted by Gasteiger charge is -2.13. The van der Waals surface area contributed by atoms with Crippen molar-refractivity contribution in [1.29, 1.82) is 0 Å². The van der Waals surface area contributed by atoms with E-state index in [0.29, 0.717) is 22.3 Å². The number of amides is 3. The standard InChI is InChI=1S/C17H19N3O2S/c21-16(15-6-3-11-23-15)18-13-7-9-14(10-8-13)20-17(22)19-12-4-1-2-5-12/h3,6-12H,1-2,4-5H2,(H,18,21)(H2,19,20,22). The van der Waals surface area contributed by atoms with Gasteiger partial charge in [-0.25, -0.2) is 4.79 Å². The third-order valence-electron chi connectivity index (χ3n) is 3.84. The summed E-state index contributed by atoms with van der Waals surface area (Å²) in [5, 5.41) is 10.5. The van der Waals surface area contributed by atoms with E-state index >= 15 is 0 Å². The molecule has 0 aliphatic heterocycles. The summed E-state index contributed by atoms with van der Waals surface area (Å²) < 4.78 is 0. The van der Waals surface area contributed by atoms with Crippen molar-refractivity contribution in [2.45, 2.75) is 31.7 Å². The zero-order valence-corrected chi connectivity index (χ0v) is 13.5. The van der Waals surface area contributed by atoms with Gasteiger partial charge >= 0.3 is 6.03 Å². The minimum atomic E-state index is -0.174. The van der Waals surface area contributed by atoms with Gasteiger partial charge in [0.15, 0.2) is 0 Å². The summed E-state index contributed by atoms with van der Waals surface area (Å²) in [5.74, 6) is -0.125. The number of nitrogens with one attached hydrogen (secondary N) is 3. The van der Waals surface area contributed by atoms with Crippen LogP contribution in [-0.4, -0.2) is 18.0 Å². The fourth-order valence-electron chi connectivity index (χ4n) is 2.66. The molecule has 3 rings (SSSR count). The Balaban J connectivity index is 1.52. The number of benzene rings is 1. The molecule has 2 aromatic rings. The lowest BCUT2D eigenvalue weighted by atomic mass is 10.2. The average molecular weight is 329 g/mol. The van der Waals surface area contributed by atoms with Gasteiger partial charge < -0.3 is 16.0 Å². The third-order valence-corrected chi connectivity index (χ3v) is 4.70. The smallest absolute Gasteiger partial charge is 0.319 e. The highest BCUT2D eigenvalue weighted by atomic mass is 32.1. The van der Waals surface area contributed by atoms with Gasteiger partial charge in [-0.05, 0) is 48.6 Å². The van der Waals surface area contributed by atoms with Crippen molar-refractivity contribution in [2.75, 3.05) is 10.6 Å². The molecule has 0 bridgehead atoms. The highest BCUT2D eigenvalue weighted by Gasteiger charge is 2.16. The van der Waals surface area contributed by atoms with Crippen LogP contribution in [0.3, 0.4) is 0 Å². The third kappa shape index (κ3) is 4.32. The molecule has 0 radical (unpaired) electrons. The predicted octanol–water partition coefficient (Wildman–Crippen LogP) is 4.06. The average Bonchev–Trinajstić information content (AvgIpc) is 3.22. The quantitative estimate of drug-likeness (QED) is 0.791. The van der Waals surface area contributed by atoms with E-state index in [1.54, 1.807) is 30.3 Å². The first kappa shape index (κ1) is 15.6. The Kier molecular flexibility index (Phi) is 4.92. The van der Waals surface area contributed by atoms with E-state index in [9.17, 15) is 9.59 Å². The molecule has 3 amide bonds. The fraction of sp³-hybridized carbons (Fsp3) is 0.294. The van der Waals surface area contributed by atoms with E-state index in [1.807, 2.05) is 11.4 Å². The van der Waals surface area contributed by atoms with Crippen molar-refractivity contribution in [2.24, 2.45) is 0 Å². The molecule has 1 aromatic carbocycles. The largest absolute Gasteiger partial charge is 0.335 e. The fourth-order valence-corrected chi connectivity index (χ4v) is 3.28. The lowest BCUT2D eigenvalue weighted by Crippen LogP contribution is -2.36. The van der Waals surface area contributed by atoms with Crippen LogP contribution in [0.5, 0.6) is 0 Å². The van der Waals surface area contributed by atoms with Crippen LogP contribution >= 0.6 is 11.3 Å². The molecule has 1 aliphatic carbocycles. The number of hydrogen-bond donors (Lipinski definition) is 3. The molecule has 0 saturated heterocycles. The van der Waals surface area contributed by atoms with Crippen molar-refractivity contribution in [1.82, 2.24) is 5.32 Å². The van der Waals surface area contributed by atoms with Crippen LogP contribution in [-0.2, 0) is 0 Å². The summed E-state index contributed by atoms with van der Waals surface area (Å²) in [5.41, 5.74) is 1.40. The van der Waals surface area contributed by atoms with Crippen molar-refractivity contribution in [3.63, 3.8) is 0 Å². The van der Waals surface area contributed by atoms with Gasteiger partial charge in [0.1, 0.15) is 0 Å². The maximum absolute atomic E-state index is 12.0. The monoisotopic (exact) mass is 329 g/mol. The SMILES string of the molecule is O=C(Nc1ccc(NC(=O)c2cccs2)cc1)NC1CCCC1.